The first-order valence-corrected chi connectivity index (χ1v) is 11.5. The van der Waals surface area contributed by atoms with Crippen LogP contribution < -0.4 is 10.0 Å². The molecule has 7 nitrogen and oxygen atoms in total. The van der Waals surface area contributed by atoms with E-state index in [0.29, 0.717) is 22.3 Å². The fraction of sp³-hybridized carbons (Fsp3) is 0.250. The van der Waals surface area contributed by atoms with Crippen molar-refractivity contribution in [2.75, 3.05) is 10.0 Å². The number of amides is 1. The van der Waals surface area contributed by atoms with Crippen LogP contribution in [-0.4, -0.2) is 24.5 Å². The predicted molar refractivity (Wildman–Crippen MR) is 113 cm³/mol. The van der Waals surface area contributed by atoms with Crippen molar-refractivity contribution in [1.29, 1.82) is 0 Å². The van der Waals surface area contributed by atoms with Crippen LogP contribution in [0.4, 0.5) is 10.8 Å². The van der Waals surface area contributed by atoms with Crippen molar-refractivity contribution in [3.63, 3.8) is 0 Å². The van der Waals surface area contributed by atoms with Crippen molar-refractivity contribution in [2.45, 2.75) is 37.5 Å². The van der Waals surface area contributed by atoms with Crippen LogP contribution in [0.1, 0.15) is 45.3 Å². The SMILES string of the molecule is Cc1ccccc1NS(=O)(=O)c1ccc(C)c(C(=O)Nc2nnc(C3CC3)s2)c1. The Morgan fingerprint density at radius 2 is 1.83 bits per heavy atom. The lowest BCUT2D eigenvalue weighted by Crippen LogP contribution is -2.17. The van der Waals surface area contributed by atoms with Gasteiger partial charge in [0, 0.05) is 11.5 Å². The number of carbonyl (C=O) groups is 1. The van der Waals surface area contributed by atoms with E-state index in [1.165, 1.54) is 23.5 Å². The van der Waals surface area contributed by atoms with Crippen LogP contribution >= 0.6 is 11.3 Å². The largest absolute Gasteiger partial charge is 0.296 e. The molecule has 1 aliphatic carbocycles. The van der Waals surface area contributed by atoms with E-state index in [4.69, 9.17) is 0 Å². The molecule has 1 amide bonds. The van der Waals surface area contributed by atoms with Crippen molar-refractivity contribution in [3.05, 3.63) is 64.2 Å². The van der Waals surface area contributed by atoms with Gasteiger partial charge in [0.15, 0.2) is 0 Å². The summed E-state index contributed by atoms with van der Waals surface area (Å²) in [6.07, 6.45) is 2.21. The van der Waals surface area contributed by atoms with Crippen molar-refractivity contribution in [1.82, 2.24) is 10.2 Å². The van der Waals surface area contributed by atoms with E-state index < -0.39 is 15.9 Å². The number of rotatable bonds is 6. The highest BCUT2D eigenvalue weighted by atomic mass is 32.2. The van der Waals surface area contributed by atoms with E-state index in [2.05, 4.69) is 20.2 Å². The fourth-order valence-corrected chi connectivity index (χ4v) is 4.91. The summed E-state index contributed by atoms with van der Waals surface area (Å²) in [6, 6.07) is 11.6. The third-order valence-corrected chi connectivity index (χ3v) is 7.11. The van der Waals surface area contributed by atoms with Gasteiger partial charge in [-0.2, -0.15) is 0 Å². The lowest BCUT2D eigenvalue weighted by Gasteiger charge is -2.12. The van der Waals surface area contributed by atoms with E-state index >= 15 is 0 Å². The van der Waals surface area contributed by atoms with Gasteiger partial charge in [-0.3, -0.25) is 14.8 Å². The molecule has 1 aromatic heterocycles. The Bertz CT molecular complexity index is 1180. The lowest BCUT2D eigenvalue weighted by atomic mass is 10.1. The molecule has 29 heavy (non-hydrogen) atoms. The van der Waals surface area contributed by atoms with E-state index in [1.54, 1.807) is 25.1 Å². The Hall–Kier alpha value is -2.78. The van der Waals surface area contributed by atoms with E-state index in [1.807, 2.05) is 19.1 Å². The molecule has 0 unspecified atom stereocenters. The van der Waals surface area contributed by atoms with Crippen LogP contribution in [0.3, 0.4) is 0 Å². The highest BCUT2D eigenvalue weighted by Gasteiger charge is 2.28. The molecular formula is C20H20N4O3S2. The van der Waals surface area contributed by atoms with Gasteiger partial charge in [0.05, 0.1) is 10.6 Å². The molecule has 150 valence electrons. The zero-order valence-corrected chi connectivity index (χ0v) is 17.6. The fourth-order valence-electron chi connectivity index (χ4n) is 2.85. The number of anilines is 2. The second-order valence-electron chi connectivity index (χ2n) is 7.07. The molecule has 1 aliphatic rings. The summed E-state index contributed by atoms with van der Waals surface area (Å²) in [6.45, 7) is 3.58. The summed E-state index contributed by atoms with van der Waals surface area (Å²) in [7, 11) is -3.84. The molecule has 1 heterocycles. The molecular weight excluding hydrogens is 408 g/mol. The second-order valence-corrected chi connectivity index (χ2v) is 9.76. The van der Waals surface area contributed by atoms with Gasteiger partial charge in [0.1, 0.15) is 5.01 Å². The zero-order chi connectivity index (χ0) is 20.6. The molecule has 0 spiro atoms. The molecule has 4 rings (SSSR count). The van der Waals surface area contributed by atoms with Crippen molar-refractivity contribution in [3.8, 4) is 0 Å². The summed E-state index contributed by atoms with van der Waals surface area (Å²) in [5.74, 6) is 0.0508. The molecule has 0 saturated heterocycles. The first-order valence-electron chi connectivity index (χ1n) is 9.17. The molecule has 0 atom stereocenters. The summed E-state index contributed by atoms with van der Waals surface area (Å²) in [5.41, 5.74) is 2.26. The van der Waals surface area contributed by atoms with Gasteiger partial charge in [-0.05, 0) is 56.0 Å². The quantitative estimate of drug-likeness (QED) is 0.616. The maximum atomic E-state index is 12.8. The average Bonchev–Trinajstić information content (AvgIpc) is 3.43. The van der Waals surface area contributed by atoms with Gasteiger partial charge in [-0.15, -0.1) is 10.2 Å². The van der Waals surface area contributed by atoms with Gasteiger partial charge >= 0.3 is 0 Å². The first kappa shape index (κ1) is 19.5. The number of sulfonamides is 1. The number of hydrogen-bond acceptors (Lipinski definition) is 6. The van der Waals surface area contributed by atoms with E-state index in [-0.39, 0.29) is 10.5 Å². The highest BCUT2D eigenvalue weighted by molar-refractivity contribution is 7.92. The smallest absolute Gasteiger partial charge is 0.261 e. The number of para-hydroxylation sites is 1. The minimum absolute atomic E-state index is 0.0208. The van der Waals surface area contributed by atoms with E-state index in [0.717, 1.165) is 23.4 Å². The molecule has 0 bridgehead atoms. The number of nitrogens with one attached hydrogen (secondary N) is 2. The molecule has 2 aromatic carbocycles. The molecule has 2 N–H and O–H groups in total. The zero-order valence-electron chi connectivity index (χ0n) is 16.0. The predicted octanol–water partition coefficient (Wildman–Crippen LogP) is 4.09. The topological polar surface area (TPSA) is 101 Å². The summed E-state index contributed by atoms with van der Waals surface area (Å²) < 4.78 is 28.2. The molecule has 3 aromatic rings. The minimum Gasteiger partial charge on any atom is -0.296 e. The van der Waals surface area contributed by atoms with Crippen LogP contribution in [0.25, 0.3) is 0 Å². The Morgan fingerprint density at radius 3 is 2.55 bits per heavy atom. The molecule has 9 heteroatoms. The lowest BCUT2D eigenvalue weighted by molar-refractivity contribution is 0.102. The van der Waals surface area contributed by atoms with Crippen LogP contribution in [0.5, 0.6) is 0 Å². The van der Waals surface area contributed by atoms with Gasteiger partial charge < -0.3 is 0 Å². The maximum Gasteiger partial charge on any atom is 0.261 e. The molecule has 1 saturated carbocycles. The third kappa shape index (κ3) is 4.30. The first-order chi connectivity index (χ1) is 13.8. The van der Waals surface area contributed by atoms with Gasteiger partial charge in [0.25, 0.3) is 15.9 Å². The number of aryl methyl sites for hydroxylation is 2. The van der Waals surface area contributed by atoms with Gasteiger partial charge in [0.2, 0.25) is 5.13 Å². The summed E-state index contributed by atoms with van der Waals surface area (Å²) in [4.78, 5) is 12.8. The Balaban J connectivity index is 1.57. The monoisotopic (exact) mass is 428 g/mol. The highest BCUT2D eigenvalue weighted by Crippen LogP contribution is 2.42. The van der Waals surface area contributed by atoms with Gasteiger partial charge in [-0.25, -0.2) is 8.42 Å². The number of aromatic nitrogens is 2. The van der Waals surface area contributed by atoms with Crippen LogP contribution in [-0.2, 0) is 10.0 Å². The maximum absolute atomic E-state index is 12.8. The average molecular weight is 429 g/mol. The van der Waals surface area contributed by atoms with Gasteiger partial charge in [-0.1, -0.05) is 35.6 Å². The van der Waals surface area contributed by atoms with Crippen molar-refractivity contribution in [2.24, 2.45) is 0 Å². The van der Waals surface area contributed by atoms with E-state index in [9.17, 15) is 13.2 Å². The number of carbonyl (C=O) groups excluding carboxylic acids is 1. The van der Waals surface area contributed by atoms with Crippen LogP contribution in [0.2, 0.25) is 0 Å². The Kier molecular flexibility index (Phi) is 5.10. The number of benzene rings is 2. The Labute approximate surface area is 173 Å². The van der Waals surface area contributed by atoms with Crippen molar-refractivity contribution >= 4 is 38.1 Å². The second kappa shape index (κ2) is 7.57. The summed E-state index contributed by atoms with van der Waals surface area (Å²) in [5, 5.41) is 12.2. The summed E-state index contributed by atoms with van der Waals surface area (Å²) >= 11 is 1.36. The van der Waals surface area contributed by atoms with Crippen molar-refractivity contribution < 1.29 is 13.2 Å². The molecule has 0 aliphatic heterocycles. The Morgan fingerprint density at radius 1 is 1.07 bits per heavy atom. The standard InChI is InChI=1S/C20H20N4O3S2/c1-12-7-10-15(29(26,27)24-17-6-4-3-5-13(17)2)11-16(12)18(25)21-20-23-22-19(28-20)14-8-9-14/h3-7,10-11,14,24H,8-9H2,1-2H3,(H,21,23,25). The number of nitrogens with zero attached hydrogens (tertiary/aromatic N) is 2. The number of hydrogen-bond donors (Lipinski definition) is 2. The molecule has 1 fully saturated rings. The third-order valence-electron chi connectivity index (χ3n) is 4.74. The van der Waals surface area contributed by atoms with Crippen LogP contribution in [0, 0.1) is 13.8 Å². The molecule has 0 radical (unpaired) electrons. The minimum atomic E-state index is -3.84. The normalized spacial score (nSPS) is 13.9. The van der Waals surface area contributed by atoms with Crippen LogP contribution in [0.15, 0.2) is 47.4 Å².